The average Bonchev–Trinajstić information content (AvgIpc) is 3.26. The molecule has 2 heterocycles. The Morgan fingerprint density at radius 1 is 1.33 bits per heavy atom. The molecular weight excluding hydrogens is 352 g/mol. The van der Waals surface area contributed by atoms with E-state index in [-0.39, 0.29) is 24.8 Å². The summed E-state index contributed by atoms with van der Waals surface area (Å²) in [5.74, 6) is 0.472. The number of carbonyl (C=O) groups is 2. The molecule has 9 heteroatoms. The third-order valence-corrected chi connectivity index (χ3v) is 4.66. The molecule has 2 aromatic rings. The molecule has 3 rings (SSSR count). The van der Waals surface area contributed by atoms with Crippen LogP contribution in [0.4, 0.5) is 5.69 Å². The molecule has 1 unspecified atom stereocenters. The van der Waals surface area contributed by atoms with Gasteiger partial charge in [-0.1, -0.05) is 10.3 Å². The summed E-state index contributed by atoms with van der Waals surface area (Å²) in [4.78, 5) is 28.4. The van der Waals surface area contributed by atoms with Crippen LogP contribution < -0.4 is 14.4 Å². The molecule has 1 aliphatic heterocycles. The number of benzene rings is 1. The monoisotopic (exact) mass is 374 g/mol. The van der Waals surface area contributed by atoms with Gasteiger partial charge in [-0.2, -0.15) is 0 Å². The molecule has 1 fully saturated rings. The van der Waals surface area contributed by atoms with Crippen LogP contribution in [0.5, 0.6) is 11.5 Å². The van der Waals surface area contributed by atoms with Crippen LogP contribution in [-0.2, 0) is 16.1 Å². The predicted molar refractivity (Wildman–Crippen MR) is 95.5 cm³/mol. The molecule has 0 saturated carbocycles. The molecule has 1 aliphatic rings. The SMILES string of the molecule is COc1ccc(N2CC(C(=O)N(C)Cc3nonc3C)CC2=O)c(OC)c1. The van der Waals surface area contributed by atoms with Crippen molar-refractivity contribution in [1.29, 1.82) is 0 Å². The number of aromatic nitrogens is 2. The average molecular weight is 374 g/mol. The lowest BCUT2D eigenvalue weighted by Crippen LogP contribution is -2.34. The Hall–Kier alpha value is -3.10. The smallest absolute Gasteiger partial charge is 0.228 e. The summed E-state index contributed by atoms with van der Waals surface area (Å²) < 4.78 is 15.2. The Bertz CT molecular complexity index is 850. The number of hydrogen-bond donors (Lipinski definition) is 0. The fraction of sp³-hybridized carbons (Fsp3) is 0.444. The quantitative estimate of drug-likeness (QED) is 0.754. The van der Waals surface area contributed by atoms with Gasteiger partial charge in [0.2, 0.25) is 11.8 Å². The number of ether oxygens (including phenoxy) is 2. The maximum Gasteiger partial charge on any atom is 0.228 e. The van der Waals surface area contributed by atoms with Gasteiger partial charge in [0, 0.05) is 26.1 Å². The van der Waals surface area contributed by atoms with Crippen LogP contribution in [-0.4, -0.2) is 54.8 Å². The molecule has 27 heavy (non-hydrogen) atoms. The molecule has 2 amide bonds. The van der Waals surface area contributed by atoms with E-state index in [1.54, 1.807) is 49.1 Å². The summed E-state index contributed by atoms with van der Waals surface area (Å²) in [5.41, 5.74) is 1.86. The number of amides is 2. The van der Waals surface area contributed by atoms with E-state index >= 15 is 0 Å². The molecule has 144 valence electrons. The predicted octanol–water partition coefficient (Wildman–Crippen LogP) is 1.41. The van der Waals surface area contributed by atoms with Gasteiger partial charge < -0.3 is 19.3 Å². The van der Waals surface area contributed by atoms with E-state index in [1.165, 1.54) is 7.11 Å². The van der Waals surface area contributed by atoms with Gasteiger partial charge in [-0.05, 0) is 19.1 Å². The summed E-state index contributed by atoms with van der Waals surface area (Å²) >= 11 is 0. The fourth-order valence-corrected chi connectivity index (χ4v) is 3.12. The minimum Gasteiger partial charge on any atom is -0.497 e. The highest BCUT2D eigenvalue weighted by Crippen LogP contribution is 2.36. The molecule has 0 aliphatic carbocycles. The topological polar surface area (TPSA) is 98.0 Å². The molecule has 0 bridgehead atoms. The van der Waals surface area contributed by atoms with Crippen molar-refractivity contribution in [3.63, 3.8) is 0 Å². The molecule has 1 atom stereocenters. The second-order valence-electron chi connectivity index (χ2n) is 6.43. The Morgan fingerprint density at radius 3 is 2.74 bits per heavy atom. The Labute approximate surface area is 156 Å². The van der Waals surface area contributed by atoms with Gasteiger partial charge in [-0.25, -0.2) is 4.63 Å². The number of rotatable bonds is 6. The normalized spacial score (nSPS) is 16.5. The zero-order valence-corrected chi connectivity index (χ0v) is 15.8. The van der Waals surface area contributed by atoms with E-state index in [4.69, 9.17) is 9.47 Å². The Kier molecular flexibility index (Phi) is 5.29. The highest BCUT2D eigenvalue weighted by molar-refractivity contribution is 6.01. The summed E-state index contributed by atoms with van der Waals surface area (Å²) in [6.07, 6.45) is 0.147. The van der Waals surface area contributed by atoms with Gasteiger partial charge in [0.25, 0.3) is 0 Å². The lowest BCUT2D eigenvalue weighted by atomic mass is 10.1. The molecule has 9 nitrogen and oxygen atoms in total. The summed E-state index contributed by atoms with van der Waals surface area (Å²) in [6, 6.07) is 5.23. The van der Waals surface area contributed by atoms with Crippen LogP contribution in [0.1, 0.15) is 17.8 Å². The number of anilines is 1. The van der Waals surface area contributed by atoms with Crippen molar-refractivity contribution in [3.8, 4) is 11.5 Å². The van der Waals surface area contributed by atoms with Gasteiger partial charge in [-0.15, -0.1) is 0 Å². The second kappa shape index (κ2) is 7.65. The number of hydrogen-bond acceptors (Lipinski definition) is 7. The largest absolute Gasteiger partial charge is 0.497 e. The van der Waals surface area contributed by atoms with Gasteiger partial charge >= 0.3 is 0 Å². The van der Waals surface area contributed by atoms with Gasteiger partial charge in [0.1, 0.15) is 22.9 Å². The Morgan fingerprint density at radius 2 is 2.11 bits per heavy atom. The first-order chi connectivity index (χ1) is 12.9. The summed E-state index contributed by atoms with van der Waals surface area (Å²) in [6.45, 7) is 2.34. The van der Waals surface area contributed by atoms with E-state index in [0.29, 0.717) is 35.1 Å². The molecule has 0 spiro atoms. The van der Waals surface area contributed by atoms with Crippen LogP contribution >= 0.6 is 0 Å². The molecule has 0 radical (unpaired) electrons. The third kappa shape index (κ3) is 3.71. The molecule has 1 aromatic heterocycles. The Balaban J connectivity index is 1.73. The minimum atomic E-state index is -0.436. The van der Waals surface area contributed by atoms with Crippen molar-refractivity contribution in [2.24, 2.45) is 5.92 Å². The van der Waals surface area contributed by atoms with Crippen LogP contribution in [0, 0.1) is 12.8 Å². The highest BCUT2D eigenvalue weighted by atomic mass is 16.6. The van der Waals surface area contributed by atoms with Crippen molar-refractivity contribution in [1.82, 2.24) is 15.2 Å². The highest BCUT2D eigenvalue weighted by Gasteiger charge is 2.37. The number of methoxy groups -OCH3 is 2. The first kappa shape index (κ1) is 18.7. The molecule has 1 aromatic carbocycles. The van der Waals surface area contributed by atoms with Crippen molar-refractivity contribution in [2.45, 2.75) is 19.9 Å². The van der Waals surface area contributed by atoms with Crippen molar-refractivity contribution >= 4 is 17.5 Å². The summed E-state index contributed by atoms with van der Waals surface area (Å²) in [5, 5.41) is 7.51. The van der Waals surface area contributed by atoms with Crippen molar-refractivity contribution in [2.75, 3.05) is 32.7 Å². The first-order valence-electron chi connectivity index (χ1n) is 8.50. The zero-order chi connectivity index (χ0) is 19.6. The standard InChI is InChI=1S/C18H22N4O5/c1-11-14(20-27-19-11)10-21(2)18(24)12-7-17(23)22(9-12)15-6-5-13(25-3)8-16(15)26-4/h5-6,8,12H,7,9-10H2,1-4H3. The third-order valence-electron chi connectivity index (χ3n) is 4.66. The number of nitrogens with zero attached hydrogens (tertiary/aromatic N) is 4. The van der Waals surface area contributed by atoms with E-state index in [2.05, 4.69) is 14.9 Å². The van der Waals surface area contributed by atoms with Crippen LogP contribution in [0.2, 0.25) is 0 Å². The minimum absolute atomic E-state index is 0.121. The number of aryl methyl sites for hydroxylation is 1. The van der Waals surface area contributed by atoms with Gasteiger partial charge in [-0.3, -0.25) is 9.59 Å². The van der Waals surface area contributed by atoms with Crippen LogP contribution in [0.25, 0.3) is 0 Å². The first-order valence-corrected chi connectivity index (χ1v) is 8.50. The number of carbonyl (C=O) groups excluding carboxylic acids is 2. The molecule has 1 saturated heterocycles. The van der Waals surface area contributed by atoms with Gasteiger partial charge in [0.15, 0.2) is 0 Å². The lowest BCUT2D eigenvalue weighted by molar-refractivity contribution is -0.135. The van der Waals surface area contributed by atoms with Crippen LogP contribution in [0.3, 0.4) is 0 Å². The van der Waals surface area contributed by atoms with E-state index < -0.39 is 5.92 Å². The van der Waals surface area contributed by atoms with E-state index in [0.717, 1.165) is 0 Å². The van der Waals surface area contributed by atoms with E-state index in [1.807, 2.05) is 0 Å². The maximum atomic E-state index is 12.8. The second-order valence-corrected chi connectivity index (χ2v) is 6.43. The molecular formula is C18H22N4O5. The van der Waals surface area contributed by atoms with Gasteiger partial charge in [0.05, 0.1) is 32.4 Å². The lowest BCUT2D eigenvalue weighted by Gasteiger charge is -2.22. The van der Waals surface area contributed by atoms with E-state index in [9.17, 15) is 9.59 Å². The van der Waals surface area contributed by atoms with Crippen LogP contribution in [0.15, 0.2) is 22.8 Å². The molecule has 0 N–H and O–H groups in total. The fourth-order valence-electron chi connectivity index (χ4n) is 3.12. The maximum absolute atomic E-state index is 12.8. The van der Waals surface area contributed by atoms with Crippen molar-refractivity contribution in [3.05, 3.63) is 29.6 Å². The summed E-state index contributed by atoms with van der Waals surface area (Å²) in [7, 11) is 4.77. The van der Waals surface area contributed by atoms with Crippen molar-refractivity contribution < 1.29 is 23.7 Å². The zero-order valence-electron chi connectivity index (χ0n) is 15.8.